The minimum Gasteiger partial charge on any atom is -0.497 e. The number of ether oxygens (including phenoxy) is 1. The van der Waals surface area contributed by atoms with Gasteiger partial charge in [0, 0.05) is 45.0 Å². The van der Waals surface area contributed by atoms with Crippen molar-refractivity contribution >= 4 is 15.7 Å². The molecule has 1 N–H and O–H groups in total. The Kier molecular flexibility index (Phi) is 6.30. The second-order valence-electron chi connectivity index (χ2n) is 6.35. The highest BCUT2D eigenvalue weighted by Crippen LogP contribution is 2.20. The highest BCUT2D eigenvalue weighted by molar-refractivity contribution is 7.89. The minimum absolute atomic E-state index is 0.249. The lowest BCUT2D eigenvalue weighted by Gasteiger charge is -2.36. The fourth-order valence-corrected chi connectivity index (χ4v) is 4.20. The number of anilines is 1. The van der Waals surface area contributed by atoms with Crippen LogP contribution >= 0.6 is 0 Å². The summed E-state index contributed by atoms with van der Waals surface area (Å²) in [5.74, 6) is 0.0950. The molecule has 8 heteroatoms. The molecule has 27 heavy (non-hydrogen) atoms. The van der Waals surface area contributed by atoms with Crippen LogP contribution in [0.25, 0.3) is 0 Å². The van der Waals surface area contributed by atoms with Gasteiger partial charge in [-0.05, 0) is 36.4 Å². The number of sulfonamides is 1. The molecule has 6 nitrogen and oxygen atoms in total. The summed E-state index contributed by atoms with van der Waals surface area (Å²) in [7, 11) is -2.18. The maximum Gasteiger partial charge on any atom is 0.243 e. The standard InChI is InChI=1S/C19H24FN3O3S/c1-26-17-8-6-16(7-9-17)23-14-12-22(13-15-23)11-10-21-27(24,25)19-5-3-2-4-18(19)20/h2-9,21H,10-15H2,1H3. The number of methoxy groups -OCH3 is 1. The lowest BCUT2D eigenvalue weighted by Crippen LogP contribution is -2.48. The molecule has 1 aliphatic rings. The quantitative estimate of drug-likeness (QED) is 0.779. The first-order chi connectivity index (χ1) is 13.0. The Hall–Kier alpha value is -2.16. The van der Waals surface area contributed by atoms with E-state index in [4.69, 9.17) is 4.74 Å². The van der Waals surface area contributed by atoms with Gasteiger partial charge in [-0.25, -0.2) is 17.5 Å². The molecule has 0 unspecified atom stereocenters. The van der Waals surface area contributed by atoms with E-state index in [9.17, 15) is 12.8 Å². The summed E-state index contributed by atoms with van der Waals surface area (Å²) < 4.78 is 45.7. The average Bonchev–Trinajstić information content (AvgIpc) is 2.69. The number of hydrogen-bond donors (Lipinski definition) is 1. The predicted octanol–water partition coefficient (Wildman–Crippen LogP) is 1.93. The number of rotatable bonds is 7. The molecule has 0 amide bonds. The zero-order valence-electron chi connectivity index (χ0n) is 15.3. The summed E-state index contributed by atoms with van der Waals surface area (Å²) in [6.45, 7) is 4.25. The van der Waals surface area contributed by atoms with E-state index in [0.29, 0.717) is 6.54 Å². The summed E-state index contributed by atoms with van der Waals surface area (Å²) in [5.41, 5.74) is 1.15. The van der Waals surface area contributed by atoms with Crippen molar-refractivity contribution in [3.8, 4) is 5.75 Å². The summed E-state index contributed by atoms with van der Waals surface area (Å²) in [6, 6.07) is 13.4. The van der Waals surface area contributed by atoms with Gasteiger partial charge in [0.05, 0.1) is 7.11 Å². The van der Waals surface area contributed by atoms with Gasteiger partial charge in [-0.15, -0.1) is 0 Å². The van der Waals surface area contributed by atoms with Crippen molar-refractivity contribution in [2.45, 2.75) is 4.90 Å². The van der Waals surface area contributed by atoms with Gasteiger partial charge in [0.15, 0.2) is 0 Å². The molecule has 3 rings (SSSR count). The first kappa shape index (κ1) is 19.6. The molecule has 0 aromatic heterocycles. The molecule has 0 radical (unpaired) electrons. The highest BCUT2D eigenvalue weighted by atomic mass is 32.2. The Bertz CT molecular complexity index is 851. The van der Waals surface area contributed by atoms with Crippen LogP contribution < -0.4 is 14.4 Å². The average molecular weight is 393 g/mol. The lowest BCUT2D eigenvalue weighted by molar-refractivity contribution is 0.262. The van der Waals surface area contributed by atoms with Gasteiger partial charge >= 0.3 is 0 Å². The van der Waals surface area contributed by atoms with Crippen LogP contribution in [0.3, 0.4) is 0 Å². The monoisotopic (exact) mass is 393 g/mol. The number of piperazine rings is 1. The van der Waals surface area contributed by atoms with E-state index in [0.717, 1.165) is 43.7 Å². The first-order valence-electron chi connectivity index (χ1n) is 8.85. The van der Waals surface area contributed by atoms with Crippen molar-refractivity contribution in [1.82, 2.24) is 9.62 Å². The number of nitrogens with zero attached hydrogens (tertiary/aromatic N) is 2. The molecule has 1 aliphatic heterocycles. The fourth-order valence-electron chi connectivity index (χ4n) is 3.10. The third-order valence-corrected chi connectivity index (χ3v) is 6.15. The summed E-state index contributed by atoms with van der Waals surface area (Å²) in [6.07, 6.45) is 0. The molecule has 1 fully saturated rings. The van der Waals surface area contributed by atoms with Gasteiger partial charge in [-0.2, -0.15) is 0 Å². The Morgan fingerprint density at radius 2 is 1.70 bits per heavy atom. The van der Waals surface area contributed by atoms with Crippen molar-refractivity contribution < 1.29 is 17.5 Å². The van der Waals surface area contributed by atoms with Gasteiger partial charge in [-0.1, -0.05) is 12.1 Å². The molecule has 2 aromatic carbocycles. The van der Waals surface area contributed by atoms with Crippen molar-refractivity contribution in [3.05, 3.63) is 54.3 Å². The van der Waals surface area contributed by atoms with Crippen molar-refractivity contribution in [2.24, 2.45) is 0 Å². The summed E-state index contributed by atoms with van der Waals surface area (Å²) in [5, 5.41) is 0. The summed E-state index contributed by atoms with van der Waals surface area (Å²) in [4.78, 5) is 4.18. The van der Waals surface area contributed by atoms with Crippen LogP contribution in [0, 0.1) is 5.82 Å². The molecule has 146 valence electrons. The van der Waals surface area contributed by atoms with E-state index < -0.39 is 15.8 Å². The molecular formula is C19H24FN3O3S. The Labute approximate surface area is 159 Å². The van der Waals surface area contributed by atoms with E-state index in [1.807, 2.05) is 24.3 Å². The summed E-state index contributed by atoms with van der Waals surface area (Å²) >= 11 is 0. The van der Waals surface area contributed by atoms with E-state index >= 15 is 0 Å². The van der Waals surface area contributed by atoms with E-state index in [1.54, 1.807) is 7.11 Å². The zero-order chi connectivity index (χ0) is 19.3. The largest absolute Gasteiger partial charge is 0.497 e. The number of nitrogens with one attached hydrogen (secondary N) is 1. The molecule has 1 saturated heterocycles. The second kappa shape index (κ2) is 8.69. The molecule has 2 aromatic rings. The van der Waals surface area contributed by atoms with Crippen molar-refractivity contribution in [1.29, 1.82) is 0 Å². The highest BCUT2D eigenvalue weighted by Gasteiger charge is 2.20. The van der Waals surface area contributed by atoms with Gasteiger partial charge in [0.2, 0.25) is 10.0 Å². The van der Waals surface area contributed by atoms with Crippen molar-refractivity contribution in [2.75, 3.05) is 51.3 Å². The van der Waals surface area contributed by atoms with Gasteiger partial charge in [0.1, 0.15) is 16.5 Å². The predicted molar refractivity (Wildman–Crippen MR) is 103 cm³/mol. The van der Waals surface area contributed by atoms with Crippen LogP contribution in [0.2, 0.25) is 0 Å². The molecule has 0 saturated carbocycles. The van der Waals surface area contributed by atoms with Crippen LogP contribution in [-0.4, -0.2) is 59.7 Å². The topological polar surface area (TPSA) is 61.9 Å². The molecule has 0 bridgehead atoms. The molecule has 1 heterocycles. The smallest absolute Gasteiger partial charge is 0.243 e. The van der Waals surface area contributed by atoms with E-state index in [2.05, 4.69) is 14.5 Å². The number of benzene rings is 2. The SMILES string of the molecule is COc1ccc(N2CCN(CCNS(=O)(=O)c3ccccc3F)CC2)cc1. The van der Waals surface area contributed by atoms with Crippen LogP contribution in [-0.2, 0) is 10.0 Å². The Morgan fingerprint density at radius 3 is 2.33 bits per heavy atom. The molecule has 0 spiro atoms. The Balaban J connectivity index is 1.46. The number of hydrogen-bond acceptors (Lipinski definition) is 5. The minimum atomic E-state index is -3.83. The molecule has 0 aliphatic carbocycles. The second-order valence-corrected chi connectivity index (χ2v) is 8.09. The third kappa shape index (κ3) is 4.97. The maximum atomic E-state index is 13.7. The van der Waals surface area contributed by atoms with E-state index in [-0.39, 0.29) is 11.4 Å². The normalized spacial score (nSPS) is 15.7. The van der Waals surface area contributed by atoms with E-state index in [1.165, 1.54) is 18.2 Å². The van der Waals surface area contributed by atoms with Crippen molar-refractivity contribution in [3.63, 3.8) is 0 Å². The third-order valence-electron chi connectivity index (χ3n) is 4.66. The Morgan fingerprint density at radius 1 is 1.04 bits per heavy atom. The maximum absolute atomic E-state index is 13.7. The van der Waals surface area contributed by atoms with Crippen LogP contribution in [0.15, 0.2) is 53.4 Å². The van der Waals surface area contributed by atoms with Gasteiger partial charge < -0.3 is 9.64 Å². The molecule has 0 atom stereocenters. The van der Waals surface area contributed by atoms with Gasteiger partial charge in [-0.3, -0.25) is 4.90 Å². The zero-order valence-corrected chi connectivity index (χ0v) is 16.1. The fraction of sp³-hybridized carbons (Fsp3) is 0.368. The number of halogens is 1. The van der Waals surface area contributed by atoms with Crippen LogP contribution in [0.4, 0.5) is 10.1 Å². The lowest BCUT2D eigenvalue weighted by atomic mass is 10.2. The van der Waals surface area contributed by atoms with Gasteiger partial charge in [0.25, 0.3) is 0 Å². The van der Waals surface area contributed by atoms with Crippen LogP contribution in [0.1, 0.15) is 0 Å². The molecular weight excluding hydrogens is 369 g/mol. The van der Waals surface area contributed by atoms with Crippen LogP contribution in [0.5, 0.6) is 5.75 Å². The first-order valence-corrected chi connectivity index (χ1v) is 10.3.